The molecule has 2 aromatic carbocycles. The highest BCUT2D eigenvalue weighted by molar-refractivity contribution is 6.04. The van der Waals surface area contributed by atoms with E-state index in [1.165, 1.54) is 17.1 Å². The first-order valence-electron chi connectivity index (χ1n) is 12.7. The average molecular weight is 542 g/mol. The third-order valence-corrected chi connectivity index (χ3v) is 6.15. The summed E-state index contributed by atoms with van der Waals surface area (Å²) in [5.41, 5.74) is 18.8. The Morgan fingerprint density at radius 3 is 2.52 bits per heavy atom. The van der Waals surface area contributed by atoms with E-state index in [1.54, 1.807) is 19.2 Å². The van der Waals surface area contributed by atoms with E-state index in [4.69, 9.17) is 21.0 Å². The molecule has 11 nitrogen and oxygen atoms in total. The minimum Gasteiger partial charge on any atom is -0.446 e. The number of nitrogens with zero attached hydrogens (tertiary/aromatic N) is 4. The summed E-state index contributed by atoms with van der Waals surface area (Å²) in [7, 11) is 1.61. The van der Waals surface area contributed by atoms with Gasteiger partial charge < -0.3 is 9.57 Å². The van der Waals surface area contributed by atoms with E-state index in [2.05, 4.69) is 27.4 Å². The number of amidine groups is 1. The number of rotatable bonds is 11. The zero-order chi connectivity index (χ0) is 28.5. The first-order valence-corrected chi connectivity index (χ1v) is 12.7. The molecule has 0 aliphatic carbocycles. The molecule has 0 aliphatic rings. The molecule has 0 radical (unpaired) electrons. The number of aromatic nitrogens is 3. The van der Waals surface area contributed by atoms with Crippen molar-refractivity contribution in [3.8, 4) is 22.7 Å². The minimum atomic E-state index is -0.988. The summed E-state index contributed by atoms with van der Waals surface area (Å²) < 4.78 is 6.66. The van der Waals surface area contributed by atoms with Crippen molar-refractivity contribution >= 4 is 12.3 Å². The van der Waals surface area contributed by atoms with Crippen LogP contribution in [-0.2, 0) is 22.5 Å². The number of ether oxygens (including phenoxy) is 1. The molecule has 40 heavy (non-hydrogen) atoms. The van der Waals surface area contributed by atoms with Gasteiger partial charge in [-0.1, -0.05) is 61.9 Å². The number of carbonyl (C=O) groups is 1. The zero-order valence-corrected chi connectivity index (χ0v) is 22.3. The number of hydrogen-bond donors (Lipinski definition) is 3. The van der Waals surface area contributed by atoms with Crippen molar-refractivity contribution in [1.29, 1.82) is 0 Å². The van der Waals surface area contributed by atoms with Crippen molar-refractivity contribution in [1.82, 2.24) is 20.0 Å². The Hall–Kier alpha value is -4.87. The van der Waals surface area contributed by atoms with Gasteiger partial charge >= 0.3 is 6.47 Å². The van der Waals surface area contributed by atoms with Crippen LogP contribution in [0, 0.1) is 0 Å². The van der Waals surface area contributed by atoms with E-state index < -0.39 is 6.35 Å². The number of aryl methyl sites for hydroxylation is 1. The summed E-state index contributed by atoms with van der Waals surface area (Å²) in [4.78, 5) is 42.0. The topological polar surface area (TPSA) is 160 Å². The lowest BCUT2D eigenvalue weighted by Crippen LogP contribution is -2.36. The number of hydrogen-bond acceptors (Lipinski definition) is 9. The Balaban J connectivity index is 1.64. The van der Waals surface area contributed by atoms with Gasteiger partial charge in [0.1, 0.15) is 6.33 Å². The molecule has 206 valence electrons. The Kier molecular flexibility index (Phi) is 9.34. The maximum Gasteiger partial charge on any atom is 0.320 e. The third-order valence-electron chi connectivity index (χ3n) is 6.15. The SMILES string of the molecule is CCCc1ncn(-c2ccc(OC(N)N)nc2)c(=O)c1Cc1ccc(-c2ccccc2C(=NC)NOC=O)cc1. The highest BCUT2D eigenvalue weighted by Crippen LogP contribution is 2.25. The molecule has 0 saturated heterocycles. The number of carbonyl (C=O) groups excluding carboxylic acids is 1. The van der Waals surface area contributed by atoms with E-state index in [9.17, 15) is 9.59 Å². The predicted molar refractivity (Wildman–Crippen MR) is 152 cm³/mol. The molecule has 4 rings (SSSR count). The fraction of sp³-hybridized carbons (Fsp3) is 0.207. The Labute approximate surface area is 231 Å². The molecule has 0 amide bonds. The molecule has 0 bridgehead atoms. The normalized spacial score (nSPS) is 11.4. The van der Waals surface area contributed by atoms with Gasteiger partial charge in [-0.2, -0.15) is 0 Å². The van der Waals surface area contributed by atoms with Crippen LogP contribution in [0.2, 0.25) is 0 Å². The predicted octanol–water partition coefficient (Wildman–Crippen LogP) is 2.47. The van der Waals surface area contributed by atoms with Gasteiger partial charge in [-0.15, -0.1) is 0 Å². The number of aliphatic imine (C=N–C) groups is 1. The fourth-order valence-corrected chi connectivity index (χ4v) is 4.31. The van der Waals surface area contributed by atoms with E-state index in [0.29, 0.717) is 36.4 Å². The first kappa shape index (κ1) is 28.1. The number of nitrogens with one attached hydrogen (secondary N) is 1. The van der Waals surface area contributed by atoms with Gasteiger partial charge in [0.15, 0.2) is 5.84 Å². The van der Waals surface area contributed by atoms with Gasteiger partial charge in [0.25, 0.3) is 5.56 Å². The Bertz CT molecular complexity index is 1530. The van der Waals surface area contributed by atoms with Crippen LogP contribution < -0.4 is 27.2 Å². The second-order valence-corrected chi connectivity index (χ2v) is 8.84. The maximum atomic E-state index is 13.6. The van der Waals surface area contributed by atoms with E-state index in [0.717, 1.165) is 34.4 Å². The molecule has 11 heteroatoms. The van der Waals surface area contributed by atoms with Gasteiger partial charge in [-0.25, -0.2) is 15.4 Å². The average Bonchev–Trinajstić information content (AvgIpc) is 2.96. The molecule has 5 N–H and O–H groups in total. The lowest BCUT2D eigenvalue weighted by molar-refractivity contribution is -0.132. The van der Waals surface area contributed by atoms with Crippen molar-refractivity contribution in [3.63, 3.8) is 0 Å². The second kappa shape index (κ2) is 13.3. The number of benzene rings is 2. The van der Waals surface area contributed by atoms with Crippen LogP contribution in [0.1, 0.15) is 35.7 Å². The van der Waals surface area contributed by atoms with Gasteiger partial charge in [0.2, 0.25) is 12.2 Å². The van der Waals surface area contributed by atoms with Crippen molar-refractivity contribution in [2.75, 3.05) is 7.05 Å². The molecule has 0 saturated carbocycles. The zero-order valence-electron chi connectivity index (χ0n) is 22.3. The van der Waals surface area contributed by atoms with Crippen LogP contribution in [0.25, 0.3) is 16.8 Å². The molecule has 0 fully saturated rings. The molecule has 2 heterocycles. The standard InChI is InChI=1S/C29H31N7O4/c1-3-6-25-24(28(38)36(17-34-25)21-13-14-26(33-16-21)40-29(30)31)15-19-9-11-20(12-10-19)22-7-4-5-8-23(22)27(32-2)35-39-18-37/h4-5,7-14,16-18,29H,3,6,15,30-31H2,1-2H3,(H,32,35). The lowest BCUT2D eigenvalue weighted by Gasteiger charge is -2.14. The summed E-state index contributed by atoms with van der Waals surface area (Å²) in [6.07, 6.45) is 4.01. The molecular weight excluding hydrogens is 510 g/mol. The van der Waals surface area contributed by atoms with Gasteiger partial charge in [-0.3, -0.25) is 30.6 Å². The first-order chi connectivity index (χ1) is 19.4. The van der Waals surface area contributed by atoms with Crippen molar-refractivity contribution in [2.24, 2.45) is 16.5 Å². The Morgan fingerprint density at radius 2 is 1.88 bits per heavy atom. The van der Waals surface area contributed by atoms with Gasteiger partial charge in [0.05, 0.1) is 17.6 Å². The summed E-state index contributed by atoms with van der Waals surface area (Å²) in [6.45, 7) is 2.36. The van der Waals surface area contributed by atoms with Gasteiger partial charge in [0, 0.05) is 30.7 Å². The third kappa shape index (κ3) is 6.57. The number of nitrogens with two attached hydrogens (primary N) is 2. The van der Waals surface area contributed by atoms with E-state index in [-0.39, 0.29) is 11.4 Å². The van der Waals surface area contributed by atoms with E-state index in [1.807, 2.05) is 48.5 Å². The molecular formula is C29H31N7O4. The van der Waals surface area contributed by atoms with Crippen LogP contribution in [0.15, 0.2) is 83.0 Å². The summed E-state index contributed by atoms with van der Waals surface area (Å²) in [6, 6.07) is 18.9. The summed E-state index contributed by atoms with van der Waals surface area (Å²) >= 11 is 0. The summed E-state index contributed by atoms with van der Waals surface area (Å²) in [5, 5.41) is 0. The van der Waals surface area contributed by atoms with Crippen molar-refractivity contribution < 1.29 is 14.4 Å². The largest absolute Gasteiger partial charge is 0.446 e. The van der Waals surface area contributed by atoms with Crippen LogP contribution in [0.3, 0.4) is 0 Å². The van der Waals surface area contributed by atoms with Crippen LogP contribution in [0.4, 0.5) is 0 Å². The van der Waals surface area contributed by atoms with Gasteiger partial charge in [-0.05, 0) is 29.2 Å². The van der Waals surface area contributed by atoms with Crippen molar-refractivity contribution in [2.45, 2.75) is 32.5 Å². The van der Waals surface area contributed by atoms with Crippen molar-refractivity contribution in [3.05, 3.63) is 106 Å². The molecule has 0 unspecified atom stereocenters. The lowest BCUT2D eigenvalue weighted by atomic mass is 9.96. The molecule has 0 aliphatic heterocycles. The Morgan fingerprint density at radius 1 is 1.10 bits per heavy atom. The van der Waals surface area contributed by atoms with Crippen LogP contribution in [0.5, 0.6) is 5.88 Å². The molecule has 4 aromatic rings. The quantitative estimate of drug-likeness (QED) is 0.0852. The van der Waals surface area contributed by atoms with Crippen LogP contribution >= 0.6 is 0 Å². The summed E-state index contributed by atoms with van der Waals surface area (Å²) in [5.74, 6) is 0.681. The smallest absolute Gasteiger partial charge is 0.320 e. The molecule has 0 atom stereocenters. The monoisotopic (exact) mass is 541 g/mol. The highest BCUT2D eigenvalue weighted by Gasteiger charge is 2.15. The second-order valence-electron chi connectivity index (χ2n) is 8.84. The number of pyridine rings is 1. The molecule has 0 spiro atoms. The highest BCUT2D eigenvalue weighted by atomic mass is 16.7. The number of hydroxylamine groups is 1. The maximum absolute atomic E-state index is 13.6. The molecule has 2 aromatic heterocycles. The van der Waals surface area contributed by atoms with E-state index >= 15 is 0 Å². The fourth-order valence-electron chi connectivity index (χ4n) is 4.31. The van der Waals surface area contributed by atoms with Crippen LogP contribution in [-0.4, -0.2) is 40.2 Å². The minimum absolute atomic E-state index is 0.163.